The molecule has 262 valence electrons. The Bertz CT molecular complexity index is 1340. The summed E-state index contributed by atoms with van der Waals surface area (Å²) in [6.45, 7) is 7.13. The van der Waals surface area contributed by atoms with Crippen LogP contribution in [0.15, 0.2) is 48.1 Å². The summed E-state index contributed by atoms with van der Waals surface area (Å²) in [6.07, 6.45) is -10.5. The lowest BCUT2D eigenvalue weighted by atomic mass is 9.94. The van der Waals surface area contributed by atoms with Gasteiger partial charge in [0.25, 0.3) is 0 Å². The summed E-state index contributed by atoms with van der Waals surface area (Å²) in [5.74, 6) is -3.58. The maximum absolute atomic E-state index is 13.0. The molecule has 0 bridgehead atoms. The Morgan fingerprint density at radius 1 is 0.938 bits per heavy atom. The molecule has 3 aliphatic heterocycles. The van der Waals surface area contributed by atoms with E-state index in [2.05, 4.69) is 16.6 Å². The third-order valence-corrected chi connectivity index (χ3v) is 7.52. The molecule has 0 saturated carbocycles. The second kappa shape index (κ2) is 17.3. The maximum atomic E-state index is 13.0. The van der Waals surface area contributed by atoms with Gasteiger partial charge < -0.3 is 47.4 Å². The third kappa shape index (κ3) is 9.08. The molecule has 4 rings (SSSR count). The zero-order chi connectivity index (χ0) is 34.8. The van der Waals surface area contributed by atoms with Gasteiger partial charge >= 0.3 is 23.9 Å². The predicted octanol–water partition coefficient (Wildman–Crippen LogP) is 2.57. The molecule has 0 radical (unpaired) electrons. The molecular weight excluding hydrogens is 638 g/mol. The Morgan fingerprint density at radius 3 is 2.23 bits per heavy atom. The molecule has 1 aromatic rings. The number of ether oxygens (including phenoxy) is 10. The van der Waals surface area contributed by atoms with Crippen molar-refractivity contribution < 1.29 is 66.5 Å². The number of nitrogens with zero attached hydrogens (tertiary/aromatic N) is 3. The van der Waals surface area contributed by atoms with Crippen molar-refractivity contribution in [1.82, 2.24) is 0 Å². The number of hydrogen-bond acceptors (Lipinski definition) is 15. The highest BCUT2D eigenvalue weighted by Crippen LogP contribution is 2.39. The smallest absolute Gasteiger partial charge is 0.339 e. The number of esters is 4. The number of unbranched alkanes of at least 4 members (excludes halogenated alkanes) is 1. The number of carbonyl (C=O) groups is 4. The van der Waals surface area contributed by atoms with E-state index < -0.39 is 91.5 Å². The molecule has 17 heteroatoms. The monoisotopic (exact) mass is 677 g/mol. The van der Waals surface area contributed by atoms with E-state index in [1.165, 1.54) is 0 Å². The molecule has 48 heavy (non-hydrogen) atoms. The van der Waals surface area contributed by atoms with Crippen molar-refractivity contribution in [3.05, 3.63) is 59.0 Å². The van der Waals surface area contributed by atoms with Crippen LogP contribution in [-0.4, -0.2) is 106 Å². The molecule has 1 aromatic carbocycles. The zero-order valence-electron chi connectivity index (χ0n) is 26.9. The molecule has 3 aliphatic rings. The number of allylic oxidation sites excluding steroid dienone is 1. The van der Waals surface area contributed by atoms with Crippen molar-refractivity contribution in [3.8, 4) is 0 Å². The van der Waals surface area contributed by atoms with Crippen molar-refractivity contribution in [2.24, 2.45) is 5.11 Å². The summed E-state index contributed by atoms with van der Waals surface area (Å²) >= 11 is 0. The van der Waals surface area contributed by atoms with Crippen LogP contribution < -0.4 is 0 Å². The maximum Gasteiger partial charge on any atom is 0.339 e. The fourth-order valence-electron chi connectivity index (χ4n) is 5.59. The van der Waals surface area contributed by atoms with Crippen molar-refractivity contribution in [2.75, 3.05) is 20.3 Å². The van der Waals surface area contributed by atoms with Crippen LogP contribution in [0.3, 0.4) is 0 Å². The van der Waals surface area contributed by atoms with E-state index in [9.17, 15) is 24.7 Å². The lowest BCUT2D eigenvalue weighted by Crippen LogP contribution is -2.67. The van der Waals surface area contributed by atoms with Crippen molar-refractivity contribution in [1.29, 1.82) is 0 Å². The Balaban J connectivity index is 1.77. The third-order valence-electron chi connectivity index (χ3n) is 7.52. The quantitative estimate of drug-likeness (QED) is 0.0559. The van der Waals surface area contributed by atoms with Gasteiger partial charge in [-0.25, -0.2) is 4.79 Å². The van der Waals surface area contributed by atoms with Gasteiger partial charge in [0, 0.05) is 31.2 Å². The topological polar surface area (TPSA) is 209 Å². The molecule has 3 saturated heterocycles. The number of carbonyl (C=O) groups excluding carboxylic acids is 4. The van der Waals surface area contributed by atoms with Crippen LogP contribution in [0, 0.1) is 0 Å². The highest BCUT2D eigenvalue weighted by atomic mass is 16.8. The standard InChI is InChI=1S/C31H39N3O14/c1-6-7-11-14-40-30-21(33-34-32)23(22-20(45-30)15-41-29(46-22)19-12-9-8-10-13-19)47-31-27(44-18(4)37)25(43-17(3)36)24(42-16(2)35)26(48-31)28(38)39-5/h6,8-10,12-13,20-27,29-31H,1,7,11,14-15H2,2-5H3/t20-,21-,22-,23-,24+,25+,26+,27-,29?,30-,31-/m1/s1. The number of benzene rings is 1. The lowest BCUT2D eigenvalue weighted by Gasteiger charge is -2.50. The van der Waals surface area contributed by atoms with E-state index in [0.717, 1.165) is 27.9 Å². The van der Waals surface area contributed by atoms with Gasteiger partial charge in [-0.15, -0.1) is 6.58 Å². The Morgan fingerprint density at radius 2 is 1.60 bits per heavy atom. The molecule has 0 spiro atoms. The number of methoxy groups -OCH3 is 1. The number of hydrogen-bond donors (Lipinski definition) is 0. The summed E-state index contributed by atoms with van der Waals surface area (Å²) in [4.78, 5) is 52.7. The Hall–Kier alpha value is -4.09. The molecule has 1 unspecified atom stereocenters. The zero-order valence-corrected chi connectivity index (χ0v) is 26.9. The SMILES string of the molecule is C=CCCCO[C@@H]1O[C@@H]2COC(c3ccccc3)O[C@H]2[C@H](O[C@@H]2O[C@H](C(=O)OC)[C@@H](OC(C)=O)[C@H](OC(C)=O)[C@H]2OC(C)=O)[C@H]1N=[N+]=[N-]. The van der Waals surface area contributed by atoms with Crippen LogP contribution in [0.1, 0.15) is 45.5 Å². The van der Waals surface area contributed by atoms with Gasteiger partial charge in [-0.1, -0.05) is 41.5 Å². The minimum Gasteiger partial charge on any atom is -0.467 e. The van der Waals surface area contributed by atoms with Crippen LogP contribution in [0.2, 0.25) is 0 Å². The second-order valence-corrected chi connectivity index (χ2v) is 11.0. The van der Waals surface area contributed by atoms with Crippen LogP contribution in [-0.2, 0) is 66.5 Å². The first kappa shape index (κ1) is 36.7. The molecule has 0 amide bonds. The number of azide groups is 1. The van der Waals surface area contributed by atoms with Gasteiger partial charge in [0.1, 0.15) is 24.4 Å². The highest BCUT2D eigenvalue weighted by molar-refractivity contribution is 5.77. The van der Waals surface area contributed by atoms with E-state index >= 15 is 0 Å². The normalized spacial score (nSPS) is 32.8. The highest BCUT2D eigenvalue weighted by Gasteiger charge is 2.58. The van der Waals surface area contributed by atoms with Crippen molar-refractivity contribution >= 4 is 23.9 Å². The summed E-state index contributed by atoms with van der Waals surface area (Å²) in [7, 11) is 1.07. The van der Waals surface area contributed by atoms with E-state index in [1.807, 2.05) is 6.07 Å². The van der Waals surface area contributed by atoms with Gasteiger partial charge in [-0.3, -0.25) is 14.4 Å². The van der Waals surface area contributed by atoms with Gasteiger partial charge in [0.15, 0.2) is 43.3 Å². The molecule has 17 nitrogen and oxygen atoms in total. The molecule has 0 N–H and O–H groups in total. The van der Waals surface area contributed by atoms with Crippen molar-refractivity contribution in [3.63, 3.8) is 0 Å². The fraction of sp³-hybridized carbons (Fsp3) is 0.613. The first-order valence-corrected chi connectivity index (χ1v) is 15.2. The van der Waals surface area contributed by atoms with E-state index in [1.54, 1.807) is 30.3 Å². The first-order chi connectivity index (χ1) is 23.1. The second-order valence-electron chi connectivity index (χ2n) is 11.0. The summed E-state index contributed by atoms with van der Waals surface area (Å²) < 4.78 is 58.1. The van der Waals surface area contributed by atoms with Gasteiger partial charge in [-0.05, 0) is 18.4 Å². The fourth-order valence-corrected chi connectivity index (χ4v) is 5.59. The summed E-state index contributed by atoms with van der Waals surface area (Å²) in [5.41, 5.74) is 10.3. The summed E-state index contributed by atoms with van der Waals surface area (Å²) in [6, 6.07) is 7.79. The minimum absolute atomic E-state index is 0.00781. The van der Waals surface area contributed by atoms with Crippen molar-refractivity contribution in [2.45, 2.75) is 101 Å². The lowest BCUT2D eigenvalue weighted by molar-refractivity contribution is -0.374. The van der Waals surface area contributed by atoms with Crippen LogP contribution >= 0.6 is 0 Å². The predicted molar refractivity (Wildman–Crippen MR) is 159 cm³/mol. The van der Waals surface area contributed by atoms with Gasteiger partial charge in [0.2, 0.25) is 0 Å². The van der Waals surface area contributed by atoms with Crippen LogP contribution in [0.25, 0.3) is 10.4 Å². The largest absolute Gasteiger partial charge is 0.467 e. The minimum atomic E-state index is -1.72. The Kier molecular flexibility index (Phi) is 13.3. The molecule has 3 fully saturated rings. The van der Waals surface area contributed by atoms with E-state index in [-0.39, 0.29) is 13.2 Å². The Labute approximate surface area is 276 Å². The van der Waals surface area contributed by atoms with Gasteiger partial charge in [-0.2, -0.15) is 0 Å². The van der Waals surface area contributed by atoms with E-state index in [0.29, 0.717) is 18.4 Å². The van der Waals surface area contributed by atoms with Gasteiger partial charge in [0.05, 0.1) is 20.3 Å². The molecule has 11 atom stereocenters. The molecule has 0 aliphatic carbocycles. The average Bonchev–Trinajstić information content (AvgIpc) is 3.06. The van der Waals surface area contributed by atoms with Crippen LogP contribution in [0.5, 0.6) is 0 Å². The average molecular weight is 678 g/mol. The molecular formula is C31H39N3O14. The number of fused-ring (bicyclic) bond motifs is 1. The molecule has 0 aromatic heterocycles. The number of rotatable bonds is 13. The summed E-state index contributed by atoms with van der Waals surface area (Å²) in [5, 5.41) is 3.93. The molecule has 3 heterocycles. The van der Waals surface area contributed by atoms with Crippen LogP contribution in [0.4, 0.5) is 0 Å². The van der Waals surface area contributed by atoms with E-state index in [4.69, 9.17) is 47.4 Å². The first-order valence-electron chi connectivity index (χ1n) is 15.2.